The number of carbonyl (C=O) groups is 1. The molecule has 184 valence electrons. The van der Waals surface area contributed by atoms with E-state index in [0.29, 0.717) is 25.1 Å². The van der Waals surface area contributed by atoms with Crippen LogP contribution in [-0.2, 0) is 30.8 Å². The number of aryl methyl sites for hydroxylation is 1. The van der Waals surface area contributed by atoms with E-state index < -0.39 is 28.3 Å². The largest absolute Gasteiger partial charge is 0.389 e. The SMILES string of the molecule is Cc1cccc(S(=O)(=O)N2C[C@@H](O)COC[C@@H]3O[C@@H](CC(=O)NCc4ccncn4)CC[C@H]32)c1. The zero-order chi connectivity index (χ0) is 24.1. The highest BCUT2D eigenvalue weighted by Crippen LogP contribution is 2.31. The second-order valence-electron chi connectivity index (χ2n) is 8.71. The van der Waals surface area contributed by atoms with Gasteiger partial charge in [-0.25, -0.2) is 18.4 Å². The Kier molecular flexibility index (Phi) is 7.89. The van der Waals surface area contributed by atoms with E-state index >= 15 is 0 Å². The van der Waals surface area contributed by atoms with Crippen LogP contribution < -0.4 is 5.32 Å². The van der Waals surface area contributed by atoms with E-state index in [4.69, 9.17) is 9.47 Å². The molecular formula is C23H30N4O6S. The lowest BCUT2D eigenvalue weighted by molar-refractivity contribution is -0.146. The van der Waals surface area contributed by atoms with E-state index in [2.05, 4.69) is 15.3 Å². The van der Waals surface area contributed by atoms with Crippen LogP contribution in [0.1, 0.15) is 30.5 Å². The number of aliphatic hydroxyl groups is 1. The molecule has 34 heavy (non-hydrogen) atoms. The average molecular weight is 491 g/mol. The van der Waals surface area contributed by atoms with Gasteiger partial charge < -0.3 is 19.9 Å². The first kappa shape index (κ1) is 24.7. The number of aromatic nitrogens is 2. The summed E-state index contributed by atoms with van der Waals surface area (Å²) in [5, 5.41) is 13.2. The number of hydrogen-bond donors (Lipinski definition) is 2. The molecule has 2 fully saturated rings. The van der Waals surface area contributed by atoms with Crippen molar-refractivity contribution < 1.29 is 27.8 Å². The van der Waals surface area contributed by atoms with Crippen molar-refractivity contribution in [1.29, 1.82) is 0 Å². The molecule has 2 aliphatic rings. The van der Waals surface area contributed by atoms with Crippen molar-refractivity contribution in [3.05, 3.63) is 54.1 Å². The molecule has 3 heterocycles. The highest BCUT2D eigenvalue weighted by atomic mass is 32.2. The van der Waals surface area contributed by atoms with Gasteiger partial charge >= 0.3 is 0 Å². The summed E-state index contributed by atoms with van der Waals surface area (Å²) in [6, 6.07) is 7.96. The number of benzene rings is 1. The molecule has 1 aromatic carbocycles. The van der Waals surface area contributed by atoms with Gasteiger partial charge in [-0.05, 0) is 43.5 Å². The molecule has 1 aromatic heterocycles. The van der Waals surface area contributed by atoms with E-state index in [1.54, 1.807) is 30.5 Å². The summed E-state index contributed by atoms with van der Waals surface area (Å²) in [7, 11) is -3.86. The molecule has 0 spiro atoms. The molecule has 0 bridgehead atoms. The molecule has 0 saturated carbocycles. The predicted octanol–water partition coefficient (Wildman–Crippen LogP) is 0.790. The molecular weight excluding hydrogens is 460 g/mol. The maximum atomic E-state index is 13.5. The molecule has 2 aromatic rings. The number of nitrogens with one attached hydrogen (secondary N) is 1. The topological polar surface area (TPSA) is 131 Å². The minimum atomic E-state index is -3.86. The van der Waals surface area contributed by atoms with Gasteiger partial charge in [0.25, 0.3) is 0 Å². The molecule has 1 amide bonds. The standard InChI is InChI=1S/C23H30N4O6S/c1-16-3-2-4-20(9-16)34(30,31)27-12-18(28)13-32-14-22-21(27)6-5-19(33-22)10-23(29)25-11-17-7-8-24-15-26-17/h2-4,7-9,15,18-19,21-22,28H,5-6,10-14H2,1H3,(H,25,29)/t18-,19-,21-,22+/m1/s1. The third kappa shape index (κ3) is 5.97. The van der Waals surface area contributed by atoms with Crippen LogP contribution >= 0.6 is 0 Å². The van der Waals surface area contributed by atoms with Crippen LogP contribution in [0.4, 0.5) is 0 Å². The molecule has 2 N–H and O–H groups in total. The molecule has 2 saturated heterocycles. The summed E-state index contributed by atoms with van der Waals surface area (Å²) in [6.07, 6.45) is 2.36. The first-order valence-electron chi connectivity index (χ1n) is 11.3. The maximum absolute atomic E-state index is 13.5. The van der Waals surface area contributed by atoms with Gasteiger partial charge in [-0.15, -0.1) is 0 Å². The van der Waals surface area contributed by atoms with Gasteiger partial charge in [-0.1, -0.05) is 12.1 Å². The highest BCUT2D eigenvalue weighted by molar-refractivity contribution is 7.89. The van der Waals surface area contributed by atoms with Crippen molar-refractivity contribution in [1.82, 2.24) is 19.6 Å². The third-order valence-electron chi connectivity index (χ3n) is 6.05. The number of aliphatic hydroxyl groups excluding tert-OH is 1. The Morgan fingerprint density at radius 3 is 2.88 bits per heavy atom. The third-order valence-corrected chi connectivity index (χ3v) is 7.94. The predicted molar refractivity (Wildman–Crippen MR) is 122 cm³/mol. The molecule has 11 heteroatoms. The van der Waals surface area contributed by atoms with Crippen LogP contribution in [0, 0.1) is 6.92 Å². The number of rotatable bonds is 6. The van der Waals surface area contributed by atoms with E-state index in [-0.39, 0.29) is 43.1 Å². The minimum absolute atomic E-state index is 0.0104. The minimum Gasteiger partial charge on any atom is -0.389 e. The fourth-order valence-electron chi connectivity index (χ4n) is 4.37. The van der Waals surface area contributed by atoms with Crippen LogP contribution in [-0.4, -0.2) is 77.8 Å². The fraction of sp³-hybridized carbons (Fsp3) is 0.522. The summed E-state index contributed by atoms with van der Waals surface area (Å²) < 4.78 is 40.2. The molecule has 0 unspecified atom stereocenters. The van der Waals surface area contributed by atoms with Crippen LogP contribution in [0.2, 0.25) is 0 Å². The van der Waals surface area contributed by atoms with Crippen molar-refractivity contribution in [2.75, 3.05) is 19.8 Å². The number of amides is 1. The molecule has 0 radical (unpaired) electrons. The highest BCUT2D eigenvalue weighted by Gasteiger charge is 2.43. The van der Waals surface area contributed by atoms with Gasteiger partial charge in [-0.3, -0.25) is 4.79 Å². The van der Waals surface area contributed by atoms with Gasteiger partial charge in [0.2, 0.25) is 15.9 Å². The second kappa shape index (κ2) is 10.9. The van der Waals surface area contributed by atoms with Gasteiger partial charge in [0.05, 0.1) is 61.1 Å². The smallest absolute Gasteiger partial charge is 0.243 e. The quantitative estimate of drug-likeness (QED) is 0.608. The summed E-state index contributed by atoms with van der Waals surface area (Å²) in [5.74, 6) is -0.173. The first-order valence-corrected chi connectivity index (χ1v) is 12.8. The monoisotopic (exact) mass is 490 g/mol. The fourth-order valence-corrected chi connectivity index (χ4v) is 6.19. The molecule has 2 aliphatic heterocycles. The lowest BCUT2D eigenvalue weighted by Crippen LogP contribution is -2.57. The summed E-state index contributed by atoms with van der Waals surface area (Å²) in [5.41, 5.74) is 1.54. The number of β-amino-alcohol motifs (C(OH)–C–C–N with tert-alkyl or cyclic N) is 1. The van der Waals surface area contributed by atoms with Crippen LogP contribution in [0.3, 0.4) is 0 Å². The van der Waals surface area contributed by atoms with Crippen LogP contribution in [0.15, 0.2) is 47.8 Å². The van der Waals surface area contributed by atoms with Crippen LogP contribution in [0.25, 0.3) is 0 Å². The first-order chi connectivity index (χ1) is 16.3. The molecule has 10 nitrogen and oxygen atoms in total. The summed E-state index contributed by atoms with van der Waals surface area (Å²) in [4.78, 5) is 20.6. The Morgan fingerprint density at radius 2 is 2.12 bits per heavy atom. The number of sulfonamides is 1. The Labute approximate surface area is 199 Å². The van der Waals surface area contributed by atoms with Gasteiger partial charge in [0.15, 0.2) is 0 Å². The van der Waals surface area contributed by atoms with Crippen molar-refractivity contribution in [2.24, 2.45) is 0 Å². The van der Waals surface area contributed by atoms with Crippen molar-refractivity contribution in [3.63, 3.8) is 0 Å². The molecule has 0 aliphatic carbocycles. The number of nitrogens with zero attached hydrogens (tertiary/aromatic N) is 3. The Bertz CT molecular complexity index is 1080. The normalized spacial score (nSPS) is 26.2. The van der Waals surface area contributed by atoms with Crippen molar-refractivity contribution in [3.8, 4) is 0 Å². The van der Waals surface area contributed by atoms with Gasteiger partial charge in [0.1, 0.15) is 6.33 Å². The average Bonchev–Trinajstić information content (AvgIpc) is 2.81. The van der Waals surface area contributed by atoms with Gasteiger partial charge in [-0.2, -0.15) is 4.31 Å². The Hall–Kier alpha value is -2.44. The lowest BCUT2D eigenvalue weighted by atomic mass is 9.96. The lowest BCUT2D eigenvalue weighted by Gasteiger charge is -2.43. The number of ether oxygens (including phenoxy) is 2. The summed E-state index contributed by atoms with van der Waals surface area (Å²) in [6.45, 7) is 2.20. The maximum Gasteiger partial charge on any atom is 0.243 e. The number of hydrogen-bond acceptors (Lipinski definition) is 8. The second-order valence-corrected chi connectivity index (χ2v) is 10.6. The van der Waals surface area contributed by atoms with Crippen molar-refractivity contribution in [2.45, 2.75) is 62.0 Å². The van der Waals surface area contributed by atoms with Crippen LogP contribution in [0.5, 0.6) is 0 Å². The van der Waals surface area contributed by atoms with E-state index in [9.17, 15) is 18.3 Å². The van der Waals surface area contributed by atoms with Gasteiger partial charge in [0, 0.05) is 12.7 Å². The zero-order valence-corrected chi connectivity index (χ0v) is 19.9. The summed E-state index contributed by atoms with van der Waals surface area (Å²) >= 11 is 0. The molecule has 4 atom stereocenters. The number of carbonyl (C=O) groups excluding carboxylic acids is 1. The van der Waals surface area contributed by atoms with E-state index in [0.717, 1.165) is 5.56 Å². The Morgan fingerprint density at radius 1 is 1.26 bits per heavy atom. The van der Waals surface area contributed by atoms with E-state index in [1.165, 1.54) is 10.6 Å². The van der Waals surface area contributed by atoms with E-state index in [1.807, 2.05) is 13.0 Å². The zero-order valence-electron chi connectivity index (χ0n) is 19.0. The molecule has 4 rings (SSSR count). The number of fused-ring (bicyclic) bond motifs is 1. The Balaban J connectivity index is 1.44. The van der Waals surface area contributed by atoms with Crippen molar-refractivity contribution >= 4 is 15.9 Å².